The van der Waals surface area contributed by atoms with Gasteiger partial charge >= 0.3 is 5.97 Å². The molecule has 0 saturated carbocycles. The van der Waals surface area contributed by atoms with E-state index in [1.165, 1.54) is 11.3 Å². The highest BCUT2D eigenvalue weighted by Gasteiger charge is 2.28. The van der Waals surface area contributed by atoms with Gasteiger partial charge in [-0.05, 0) is 18.6 Å². The summed E-state index contributed by atoms with van der Waals surface area (Å²) in [5.74, 6) is -1.64. The number of aliphatic carboxylic acids is 1. The van der Waals surface area contributed by atoms with Crippen molar-refractivity contribution in [3.05, 3.63) is 21.9 Å². The second kappa shape index (κ2) is 4.52. The molecule has 0 amide bonds. The molecule has 0 fully saturated rings. The minimum atomic E-state index is -2.25. The van der Waals surface area contributed by atoms with Gasteiger partial charge in [0.2, 0.25) is 6.17 Å². The molecule has 1 aromatic heterocycles. The summed E-state index contributed by atoms with van der Waals surface area (Å²) in [5.41, 5.74) is 0. The molecule has 0 radical (unpaired) electrons. The second-order valence-corrected chi connectivity index (χ2v) is 4.04. The van der Waals surface area contributed by atoms with Crippen molar-refractivity contribution in [2.75, 3.05) is 0 Å². The predicted octanol–water partition coefficient (Wildman–Crippen LogP) is 1.77. The molecule has 0 aromatic carbocycles. The molecule has 0 bridgehead atoms. The minimum absolute atomic E-state index is 0.358. The molecule has 0 saturated heterocycles. The van der Waals surface area contributed by atoms with E-state index < -0.39 is 18.2 Å². The second-order valence-electron chi connectivity index (χ2n) is 2.84. The van der Waals surface area contributed by atoms with Gasteiger partial charge in [-0.3, -0.25) is 0 Å². The molecule has 3 nitrogen and oxygen atoms in total. The number of thiophene rings is 1. The molecule has 0 aliphatic carbocycles. The Balaban J connectivity index is 2.78. The van der Waals surface area contributed by atoms with Crippen LogP contribution in [0.15, 0.2) is 12.1 Å². The number of carbonyl (C=O) groups is 1. The highest BCUT2D eigenvalue weighted by molar-refractivity contribution is 7.12. The van der Waals surface area contributed by atoms with Gasteiger partial charge in [0.15, 0.2) is 0 Å². The van der Waals surface area contributed by atoms with Crippen LogP contribution in [-0.4, -0.2) is 22.4 Å². The Morgan fingerprint density at radius 1 is 1.64 bits per heavy atom. The van der Waals surface area contributed by atoms with Crippen molar-refractivity contribution in [2.45, 2.75) is 25.6 Å². The summed E-state index contributed by atoms with van der Waals surface area (Å²) < 4.78 is 12.9. The average Bonchev–Trinajstić information content (AvgIpc) is 2.63. The summed E-state index contributed by atoms with van der Waals surface area (Å²) in [6.45, 7) is 1.94. The lowest BCUT2D eigenvalue weighted by molar-refractivity contribution is -0.147. The molecule has 2 atom stereocenters. The van der Waals surface area contributed by atoms with Crippen LogP contribution in [0.4, 0.5) is 4.39 Å². The zero-order valence-electron chi connectivity index (χ0n) is 7.61. The fourth-order valence-corrected chi connectivity index (χ4v) is 1.98. The molecule has 1 rings (SSSR count). The van der Waals surface area contributed by atoms with Gasteiger partial charge in [0.1, 0.15) is 6.10 Å². The van der Waals surface area contributed by atoms with Crippen molar-refractivity contribution in [3.8, 4) is 0 Å². The van der Waals surface area contributed by atoms with Gasteiger partial charge in [-0.1, -0.05) is 6.92 Å². The maximum atomic E-state index is 12.9. The maximum Gasteiger partial charge on any atom is 0.341 e. The van der Waals surface area contributed by atoms with Crippen molar-refractivity contribution in [2.24, 2.45) is 0 Å². The fraction of sp³-hybridized carbons (Fsp3) is 0.444. The van der Waals surface area contributed by atoms with Gasteiger partial charge in [-0.15, -0.1) is 11.3 Å². The quantitative estimate of drug-likeness (QED) is 0.809. The van der Waals surface area contributed by atoms with Crippen molar-refractivity contribution in [1.82, 2.24) is 0 Å². The molecular formula is C9H11FO3S. The number of halogens is 1. The normalized spacial score (nSPS) is 15.1. The minimum Gasteiger partial charge on any atom is -0.479 e. The van der Waals surface area contributed by atoms with Gasteiger partial charge in [-0.2, -0.15) is 0 Å². The van der Waals surface area contributed by atoms with Gasteiger partial charge < -0.3 is 10.2 Å². The van der Waals surface area contributed by atoms with Crippen LogP contribution in [0.5, 0.6) is 0 Å². The zero-order valence-corrected chi connectivity index (χ0v) is 8.42. The van der Waals surface area contributed by atoms with E-state index in [0.717, 1.165) is 11.3 Å². The molecule has 2 unspecified atom stereocenters. The van der Waals surface area contributed by atoms with E-state index in [4.69, 9.17) is 5.11 Å². The van der Waals surface area contributed by atoms with Crippen molar-refractivity contribution in [1.29, 1.82) is 0 Å². The maximum absolute atomic E-state index is 12.9. The fourth-order valence-electron chi connectivity index (χ4n) is 1.02. The smallest absolute Gasteiger partial charge is 0.341 e. The summed E-state index contributed by atoms with van der Waals surface area (Å²) in [5, 5.41) is 17.7. The van der Waals surface area contributed by atoms with Crippen molar-refractivity contribution >= 4 is 17.3 Å². The largest absolute Gasteiger partial charge is 0.479 e. The Hall–Kier alpha value is -0.940. The Morgan fingerprint density at radius 2 is 2.29 bits per heavy atom. The van der Waals surface area contributed by atoms with E-state index in [2.05, 4.69) is 0 Å². The number of aliphatic hydroxyl groups excluding tert-OH is 1. The molecule has 0 spiro atoms. The number of alkyl halides is 1. The monoisotopic (exact) mass is 218 g/mol. The van der Waals surface area contributed by atoms with Gasteiger partial charge in [0.05, 0.1) is 0 Å². The first kappa shape index (κ1) is 11.1. The average molecular weight is 218 g/mol. The number of aryl methyl sites for hydroxylation is 1. The van der Waals surface area contributed by atoms with Crippen LogP contribution < -0.4 is 0 Å². The number of aliphatic hydroxyl groups is 1. The summed E-state index contributed by atoms with van der Waals surface area (Å²) >= 11 is 1.23. The van der Waals surface area contributed by atoms with Crippen LogP contribution in [0, 0.1) is 0 Å². The van der Waals surface area contributed by atoms with E-state index >= 15 is 0 Å². The molecule has 5 heteroatoms. The summed E-state index contributed by atoms with van der Waals surface area (Å²) in [6.07, 6.45) is -3.02. The van der Waals surface area contributed by atoms with Crippen molar-refractivity contribution < 1.29 is 19.4 Å². The van der Waals surface area contributed by atoms with E-state index in [0.29, 0.717) is 4.88 Å². The molecule has 78 valence electrons. The molecule has 1 aromatic rings. The van der Waals surface area contributed by atoms with Crippen LogP contribution >= 0.6 is 11.3 Å². The number of hydrogen-bond acceptors (Lipinski definition) is 3. The van der Waals surface area contributed by atoms with Crippen LogP contribution in [0.3, 0.4) is 0 Å². The van der Waals surface area contributed by atoms with Crippen molar-refractivity contribution in [3.63, 3.8) is 0 Å². The Morgan fingerprint density at radius 3 is 2.71 bits per heavy atom. The highest BCUT2D eigenvalue weighted by Crippen LogP contribution is 2.27. The third-order valence-corrected chi connectivity index (χ3v) is 3.14. The standard InChI is InChI=1S/C9H11FO3S/c1-2-5-3-4-6(14-5)8(11)7(10)9(12)13/h3-4,7-8,11H,2H2,1H3,(H,12,13). The van der Waals surface area contributed by atoms with Crippen LogP contribution in [0.25, 0.3) is 0 Å². The van der Waals surface area contributed by atoms with Gasteiger partial charge in [0, 0.05) is 9.75 Å². The molecular weight excluding hydrogens is 207 g/mol. The number of hydrogen-bond donors (Lipinski definition) is 2. The predicted molar refractivity (Wildman–Crippen MR) is 51.2 cm³/mol. The third-order valence-electron chi connectivity index (χ3n) is 1.84. The lowest BCUT2D eigenvalue weighted by Gasteiger charge is -2.09. The summed E-state index contributed by atoms with van der Waals surface area (Å²) in [4.78, 5) is 11.6. The lowest BCUT2D eigenvalue weighted by Crippen LogP contribution is -2.22. The summed E-state index contributed by atoms with van der Waals surface area (Å²) in [6, 6.07) is 3.32. The van der Waals surface area contributed by atoms with Crippen LogP contribution in [-0.2, 0) is 11.2 Å². The zero-order chi connectivity index (χ0) is 10.7. The van der Waals surface area contributed by atoms with Crippen LogP contribution in [0.2, 0.25) is 0 Å². The first-order valence-electron chi connectivity index (χ1n) is 4.19. The number of carboxylic acid groups (broad SMARTS) is 1. The van der Waals surface area contributed by atoms with Gasteiger partial charge in [0.25, 0.3) is 0 Å². The summed E-state index contributed by atoms with van der Waals surface area (Å²) in [7, 11) is 0. The number of carboxylic acids is 1. The molecule has 0 aliphatic heterocycles. The van der Waals surface area contributed by atoms with Gasteiger partial charge in [-0.25, -0.2) is 9.18 Å². The Kier molecular flexibility index (Phi) is 3.60. The first-order chi connectivity index (χ1) is 6.56. The van der Waals surface area contributed by atoms with E-state index in [9.17, 15) is 14.3 Å². The Bertz CT molecular complexity index is 324. The molecule has 0 aliphatic rings. The van der Waals surface area contributed by atoms with E-state index in [1.54, 1.807) is 12.1 Å². The van der Waals surface area contributed by atoms with E-state index in [1.807, 2.05) is 6.92 Å². The van der Waals surface area contributed by atoms with Crippen LogP contribution in [0.1, 0.15) is 22.8 Å². The molecule has 2 N–H and O–H groups in total. The number of rotatable bonds is 4. The first-order valence-corrected chi connectivity index (χ1v) is 5.01. The van der Waals surface area contributed by atoms with E-state index in [-0.39, 0.29) is 0 Å². The molecule has 14 heavy (non-hydrogen) atoms. The lowest BCUT2D eigenvalue weighted by atomic mass is 10.2. The highest BCUT2D eigenvalue weighted by atomic mass is 32.1. The molecule has 1 heterocycles. The Labute approximate surface area is 84.8 Å². The SMILES string of the molecule is CCc1ccc(C(O)C(F)C(=O)O)s1. The third kappa shape index (κ3) is 2.30. The topological polar surface area (TPSA) is 57.5 Å².